The van der Waals surface area contributed by atoms with E-state index in [1.807, 2.05) is 24.3 Å². The van der Waals surface area contributed by atoms with Gasteiger partial charge in [-0.15, -0.1) is 0 Å². The monoisotopic (exact) mass is 384 g/mol. The first-order valence-corrected chi connectivity index (χ1v) is 8.84. The van der Waals surface area contributed by atoms with Crippen molar-refractivity contribution in [3.05, 3.63) is 35.4 Å². The standard InChI is InChI=1S/C12H11Cl3N2O4S/c13-12(14,15)6-20-22(18,19)17-11-16-10-8-4-2-1-3-7(8)5-9(10)21-11/h1-4,9-10H,5-6H2,(H,16,17)/t9-,10+/m1/s1. The fraction of sp³-hybridized carbons (Fsp3) is 0.417. The Labute approximate surface area is 142 Å². The molecule has 1 aromatic carbocycles. The van der Waals surface area contributed by atoms with Crippen molar-refractivity contribution in [2.75, 3.05) is 6.61 Å². The molecule has 1 aliphatic heterocycles. The lowest BCUT2D eigenvalue weighted by atomic mass is 10.1. The molecule has 22 heavy (non-hydrogen) atoms. The smallest absolute Gasteiger partial charge is 0.363 e. The van der Waals surface area contributed by atoms with Crippen molar-refractivity contribution in [3.8, 4) is 0 Å². The molecule has 0 aromatic heterocycles. The third kappa shape index (κ3) is 3.60. The van der Waals surface area contributed by atoms with Crippen LogP contribution in [0.1, 0.15) is 17.2 Å². The second kappa shape index (κ2) is 5.72. The summed E-state index contributed by atoms with van der Waals surface area (Å²) in [7, 11) is -4.17. The molecule has 1 aromatic rings. The molecule has 0 unspecified atom stereocenters. The van der Waals surface area contributed by atoms with E-state index in [4.69, 9.17) is 39.5 Å². The molecule has 2 atom stereocenters. The molecule has 0 spiro atoms. The number of aliphatic imine (C=N–C) groups is 1. The molecule has 1 N–H and O–H groups in total. The van der Waals surface area contributed by atoms with Gasteiger partial charge in [0, 0.05) is 6.42 Å². The van der Waals surface area contributed by atoms with E-state index in [0.29, 0.717) is 6.42 Å². The van der Waals surface area contributed by atoms with Crippen molar-refractivity contribution in [1.29, 1.82) is 0 Å². The van der Waals surface area contributed by atoms with Crippen LogP contribution >= 0.6 is 34.8 Å². The zero-order valence-corrected chi connectivity index (χ0v) is 14.1. The van der Waals surface area contributed by atoms with E-state index in [1.165, 1.54) is 0 Å². The highest BCUT2D eigenvalue weighted by Gasteiger charge is 2.40. The predicted octanol–water partition coefficient (Wildman–Crippen LogP) is 2.26. The minimum Gasteiger partial charge on any atom is -0.458 e. The summed E-state index contributed by atoms with van der Waals surface area (Å²) in [6, 6.07) is 7.46. The van der Waals surface area contributed by atoms with Gasteiger partial charge in [-0.05, 0) is 11.1 Å². The van der Waals surface area contributed by atoms with Gasteiger partial charge in [-0.25, -0.2) is 13.9 Å². The van der Waals surface area contributed by atoms with E-state index in [-0.39, 0.29) is 18.2 Å². The number of fused-ring (bicyclic) bond motifs is 3. The van der Waals surface area contributed by atoms with E-state index in [0.717, 1.165) is 11.1 Å². The zero-order valence-electron chi connectivity index (χ0n) is 11.0. The molecule has 2 aliphatic rings. The van der Waals surface area contributed by atoms with Crippen molar-refractivity contribution >= 4 is 51.1 Å². The van der Waals surface area contributed by atoms with Gasteiger partial charge in [0.15, 0.2) is 0 Å². The fourth-order valence-electron chi connectivity index (χ4n) is 2.43. The van der Waals surface area contributed by atoms with Crippen molar-refractivity contribution in [2.45, 2.75) is 22.4 Å². The summed E-state index contributed by atoms with van der Waals surface area (Å²) in [5.74, 6) is 0. The van der Waals surface area contributed by atoms with Gasteiger partial charge in [0.05, 0.1) is 0 Å². The van der Waals surface area contributed by atoms with Crippen LogP contribution in [0.15, 0.2) is 29.3 Å². The summed E-state index contributed by atoms with van der Waals surface area (Å²) in [4.78, 5) is 4.25. The average Bonchev–Trinajstić information content (AvgIpc) is 2.92. The predicted molar refractivity (Wildman–Crippen MR) is 83.5 cm³/mol. The maximum absolute atomic E-state index is 11.7. The molecule has 0 fully saturated rings. The molecule has 0 saturated heterocycles. The van der Waals surface area contributed by atoms with Gasteiger partial charge in [-0.1, -0.05) is 59.1 Å². The highest BCUT2D eigenvalue weighted by Crippen LogP contribution is 2.39. The highest BCUT2D eigenvalue weighted by atomic mass is 35.6. The molecule has 0 radical (unpaired) electrons. The van der Waals surface area contributed by atoms with Gasteiger partial charge >= 0.3 is 16.3 Å². The van der Waals surface area contributed by atoms with E-state index in [9.17, 15) is 8.42 Å². The minimum atomic E-state index is -4.17. The quantitative estimate of drug-likeness (QED) is 0.810. The number of alkyl halides is 3. The summed E-state index contributed by atoms with van der Waals surface area (Å²) in [5, 5.41) is 0. The largest absolute Gasteiger partial charge is 0.458 e. The number of nitrogens with one attached hydrogen (secondary N) is 1. The Morgan fingerprint density at radius 2 is 2.09 bits per heavy atom. The van der Waals surface area contributed by atoms with E-state index < -0.39 is 20.7 Å². The average molecular weight is 386 g/mol. The summed E-state index contributed by atoms with van der Waals surface area (Å²) in [6.07, 6.45) is 0.452. The van der Waals surface area contributed by atoms with Crippen LogP contribution in [0.2, 0.25) is 0 Å². The molecule has 0 bridgehead atoms. The minimum absolute atomic E-state index is 0.117. The molecule has 0 amide bonds. The molecule has 1 aliphatic carbocycles. The summed E-state index contributed by atoms with van der Waals surface area (Å²) in [5.41, 5.74) is 2.18. The fourth-order valence-corrected chi connectivity index (χ4v) is 3.49. The SMILES string of the molecule is O=S(=O)(NC1=N[C@H]2c3ccccc3C[C@H]2O1)OCC(Cl)(Cl)Cl. The molecule has 10 heteroatoms. The first kappa shape index (κ1) is 16.1. The van der Waals surface area contributed by atoms with Crippen LogP contribution in [0.4, 0.5) is 0 Å². The van der Waals surface area contributed by atoms with Crippen LogP contribution < -0.4 is 4.72 Å². The summed E-state index contributed by atoms with van der Waals surface area (Å²) < 4.78 is 33.8. The Hall–Kier alpha value is -0.730. The number of hydrogen-bond donors (Lipinski definition) is 1. The maximum atomic E-state index is 11.7. The van der Waals surface area contributed by atoms with Crippen LogP contribution in [0.25, 0.3) is 0 Å². The number of amidine groups is 1. The molecule has 1 heterocycles. The Bertz CT molecular complexity index is 717. The Balaban J connectivity index is 1.69. The van der Waals surface area contributed by atoms with Gasteiger partial charge < -0.3 is 4.74 Å². The molecular formula is C12H11Cl3N2O4S. The number of rotatable bonds is 3. The van der Waals surface area contributed by atoms with Gasteiger partial charge in [0.2, 0.25) is 3.79 Å². The van der Waals surface area contributed by atoms with Gasteiger partial charge in [0.1, 0.15) is 18.8 Å². The highest BCUT2D eigenvalue weighted by molar-refractivity contribution is 7.85. The van der Waals surface area contributed by atoms with Crippen LogP contribution in [0, 0.1) is 0 Å². The van der Waals surface area contributed by atoms with Gasteiger partial charge in [-0.3, -0.25) is 0 Å². The summed E-state index contributed by atoms with van der Waals surface area (Å²) >= 11 is 16.3. The van der Waals surface area contributed by atoms with Crippen LogP contribution in [0.3, 0.4) is 0 Å². The van der Waals surface area contributed by atoms with Crippen molar-refractivity contribution in [1.82, 2.24) is 4.72 Å². The molecule has 3 rings (SSSR count). The Morgan fingerprint density at radius 3 is 2.82 bits per heavy atom. The third-order valence-corrected chi connectivity index (χ3v) is 4.44. The van der Waals surface area contributed by atoms with Crippen molar-refractivity contribution < 1.29 is 17.3 Å². The van der Waals surface area contributed by atoms with E-state index in [2.05, 4.69) is 13.9 Å². The maximum Gasteiger partial charge on any atom is 0.363 e. The number of halogens is 3. The molecular weight excluding hydrogens is 375 g/mol. The topological polar surface area (TPSA) is 77.0 Å². The third-order valence-electron chi connectivity index (χ3n) is 3.26. The first-order chi connectivity index (χ1) is 10.2. The van der Waals surface area contributed by atoms with Crippen molar-refractivity contribution in [3.63, 3.8) is 0 Å². The molecule has 120 valence electrons. The van der Waals surface area contributed by atoms with Gasteiger partial charge in [0.25, 0.3) is 0 Å². The Kier molecular flexibility index (Phi) is 4.20. The van der Waals surface area contributed by atoms with Crippen LogP contribution in [-0.2, 0) is 25.6 Å². The second-order valence-electron chi connectivity index (χ2n) is 4.87. The second-order valence-corrected chi connectivity index (χ2v) is 8.74. The molecule has 0 saturated carbocycles. The first-order valence-electron chi connectivity index (χ1n) is 6.30. The van der Waals surface area contributed by atoms with E-state index in [1.54, 1.807) is 0 Å². The lowest BCUT2D eigenvalue weighted by molar-refractivity contribution is 0.200. The lowest BCUT2D eigenvalue weighted by Crippen LogP contribution is -2.35. The van der Waals surface area contributed by atoms with E-state index >= 15 is 0 Å². The number of nitrogens with zero attached hydrogens (tertiary/aromatic N) is 1. The van der Waals surface area contributed by atoms with Gasteiger partial charge in [-0.2, -0.15) is 8.42 Å². The Morgan fingerprint density at radius 1 is 1.36 bits per heavy atom. The van der Waals surface area contributed by atoms with Crippen molar-refractivity contribution in [2.24, 2.45) is 4.99 Å². The summed E-state index contributed by atoms with van der Waals surface area (Å²) in [6.45, 7) is -0.615. The lowest BCUT2D eigenvalue weighted by Gasteiger charge is -2.13. The zero-order chi connectivity index (χ0) is 16.0. The van der Waals surface area contributed by atoms with Crippen LogP contribution in [0.5, 0.6) is 0 Å². The molecule has 6 nitrogen and oxygen atoms in total. The number of hydrogen-bond acceptors (Lipinski definition) is 5. The normalized spacial score (nSPS) is 23.5. The number of ether oxygens (including phenoxy) is 1. The van der Waals surface area contributed by atoms with Crippen LogP contribution in [-0.4, -0.2) is 30.9 Å². The number of benzene rings is 1.